The fourth-order valence-electron chi connectivity index (χ4n) is 4.44. The Morgan fingerprint density at radius 1 is 0.976 bits per heavy atom. The van der Waals surface area contributed by atoms with E-state index in [-0.39, 0.29) is 40.4 Å². The number of fused-ring (bicyclic) bond motifs is 2. The second kappa shape index (κ2) is 15.4. The number of carbonyl (C=O) groups is 2. The molecule has 7 N–H and O–H groups in total. The minimum Gasteiger partial charge on any atom is -0.378 e. The number of nitrogens with zero attached hydrogens (tertiary/aromatic N) is 4. The fraction of sp³-hybridized carbons (Fsp3) is 0.300. The first-order chi connectivity index (χ1) is 20.2. The lowest BCUT2D eigenvalue weighted by molar-refractivity contribution is -0.118. The van der Waals surface area contributed by atoms with Crippen LogP contribution in [0.3, 0.4) is 0 Å². The summed E-state index contributed by atoms with van der Waals surface area (Å²) in [6, 6.07) is 15.2. The Balaban J connectivity index is 1.12. The van der Waals surface area contributed by atoms with Crippen LogP contribution in [0.4, 0.5) is 5.69 Å². The number of benzene rings is 2. The number of aliphatic imine (C=N–C) groups is 3. The highest BCUT2D eigenvalue weighted by molar-refractivity contribution is 8.26. The van der Waals surface area contributed by atoms with E-state index in [1.54, 1.807) is 6.20 Å². The number of amidine groups is 2. The molecule has 0 aliphatic carbocycles. The van der Waals surface area contributed by atoms with E-state index in [1.807, 2.05) is 54.7 Å². The average Bonchev–Trinajstić information content (AvgIpc) is 2.94. The molecule has 3 aromatic rings. The van der Waals surface area contributed by atoms with E-state index in [2.05, 4.69) is 20.0 Å². The number of nitrogens with one attached hydrogen (secondary N) is 1. The Labute approximate surface area is 253 Å². The Bertz CT molecular complexity index is 1550. The van der Waals surface area contributed by atoms with Gasteiger partial charge in [-0.3, -0.25) is 25.0 Å². The summed E-state index contributed by atoms with van der Waals surface area (Å²) in [7, 11) is 0. The number of amides is 2. The first kappa shape index (κ1) is 31.1. The molecule has 0 spiro atoms. The molecule has 10 nitrogen and oxygen atoms in total. The molecule has 0 bridgehead atoms. The standard InChI is InChI=1S/C30H34N8O2S2/c31-25(41-29(33)37-27(39)17-19-9-11-23-21(15-19)5-3-13-35-23)7-1-2-8-26(32)42-30(34)38-28(40)18-20-10-12-24-22(16-20)6-4-14-36-24/h3,5,9-16,26,31H,1-2,4,6-8,17-18,32H2,(H2,33,37,39)(H2,34,38,40). The zero-order chi connectivity index (χ0) is 29.9. The number of unbranched alkanes of at least 4 members (excludes halogenated alkanes) is 1. The average molecular weight is 603 g/mol. The maximum Gasteiger partial charge on any atom is 0.252 e. The van der Waals surface area contributed by atoms with Crippen molar-refractivity contribution < 1.29 is 9.59 Å². The smallest absolute Gasteiger partial charge is 0.252 e. The van der Waals surface area contributed by atoms with Crippen LogP contribution < -0.4 is 17.2 Å². The van der Waals surface area contributed by atoms with Crippen molar-refractivity contribution in [2.75, 3.05) is 0 Å². The summed E-state index contributed by atoms with van der Waals surface area (Å²) in [5.74, 6) is -0.682. The molecule has 0 fully saturated rings. The predicted octanol–water partition coefficient (Wildman–Crippen LogP) is 4.64. The molecule has 1 aromatic heterocycles. The van der Waals surface area contributed by atoms with Crippen molar-refractivity contribution in [3.05, 3.63) is 71.4 Å². The van der Waals surface area contributed by atoms with Crippen molar-refractivity contribution in [2.45, 2.75) is 56.7 Å². The first-order valence-corrected chi connectivity index (χ1v) is 15.3. The summed E-state index contributed by atoms with van der Waals surface area (Å²) in [5.41, 5.74) is 22.7. The van der Waals surface area contributed by atoms with Gasteiger partial charge in [-0.05, 0) is 84.8 Å². The third kappa shape index (κ3) is 9.89. The van der Waals surface area contributed by atoms with Crippen molar-refractivity contribution >= 4 is 73.5 Å². The van der Waals surface area contributed by atoms with Gasteiger partial charge in [0.05, 0.1) is 34.5 Å². The normalized spacial score (nSPS) is 14.0. The quantitative estimate of drug-likeness (QED) is 0.112. The molecular weight excluding hydrogens is 569 g/mol. The van der Waals surface area contributed by atoms with Gasteiger partial charge in [-0.1, -0.05) is 42.4 Å². The predicted molar refractivity (Wildman–Crippen MR) is 175 cm³/mol. The molecule has 2 heterocycles. The van der Waals surface area contributed by atoms with Gasteiger partial charge in [0.15, 0.2) is 10.3 Å². The molecule has 1 unspecified atom stereocenters. The van der Waals surface area contributed by atoms with E-state index in [9.17, 15) is 9.59 Å². The van der Waals surface area contributed by atoms with Crippen LogP contribution in [0.15, 0.2) is 69.7 Å². The van der Waals surface area contributed by atoms with Gasteiger partial charge in [0, 0.05) is 17.8 Å². The third-order valence-electron chi connectivity index (χ3n) is 6.41. The fourth-order valence-corrected chi connectivity index (χ4v) is 5.83. The maximum atomic E-state index is 12.4. The number of pyridine rings is 1. The number of thioether (sulfide) groups is 2. The SMILES string of the molecule is N=C(CCCCC(N)SC(N)=NC(=O)Cc1ccc2c(c1)CCC=N2)SC(N)=NC(=O)Cc1ccc2ncccc2c1. The van der Waals surface area contributed by atoms with Crippen LogP contribution in [0.1, 0.15) is 48.8 Å². The van der Waals surface area contributed by atoms with Crippen LogP contribution in [0.2, 0.25) is 0 Å². The Kier molecular flexibility index (Phi) is 11.4. The maximum absolute atomic E-state index is 12.4. The van der Waals surface area contributed by atoms with E-state index < -0.39 is 0 Å². The van der Waals surface area contributed by atoms with Crippen LogP contribution in [-0.2, 0) is 28.9 Å². The molecule has 0 saturated carbocycles. The number of hydrogen-bond donors (Lipinski definition) is 4. The number of aromatic nitrogens is 1. The third-order valence-corrected chi connectivity index (χ3v) is 8.03. The van der Waals surface area contributed by atoms with Gasteiger partial charge < -0.3 is 17.2 Å². The van der Waals surface area contributed by atoms with Crippen LogP contribution >= 0.6 is 23.5 Å². The summed E-state index contributed by atoms with van der Waals surface area (Å²) < 4.78 is 0. The highest BCUT2D eigenvalue weighted by Crippen LogP contribution is 2.25. The summed E-state index contributed by atoms with van der Waals surface area (Å²) in [6.45, 7) is 0. The molecular formula is C30H34N8O2S2. The Hall–Kier alpha value is -3.87. The molecule has 0 radical (unpaired) electrons. The molecule has 1 aliphatic heterocycles. The monoisotopic (exact) mass is 602 g/mol. The lowest BCUT2D eigenvalue weighted by Crippen LogP contribution is -2.22. The number of aryl methyl sites for hydroxylation is 1. The lowest BCUT2D eigenvalue weighted by atomic mass is 10.0. The van der Waals surface area contributed by atoms with Crippen molar-refractivity contribution in [1.82, 2.24) is 4.98 Å². The van der Waals surface area contributed by atoms with Crippen LogP contribution in [0, 0.1) is 5.41 Å². The molecule has 2 aromatic carbocycles. The van der Waals surface area contributed by atoms with E-state index in [1.165, 1.54) is 11.8 Å². The second-order valence-electron chi connectivity index (χ2n) is 9.81. The minimum absolute atomic E-state index is 0.0530. The Morgan fingerprint density at radius 2 is 1.71 bits per heavy atom. The van der Waals surface area contributed by atoms with Gasteiger partial charge in [0.2, 0.25) is 0 Å². The summed E-state index contributed by atoms with van der Waals surface area (Å²) in [4.78, 5) is 41.3. The van der Waals surface area contributed by atoms with Gasteiger partial charge in [-0.15, -0.1) is 0 Å². The molecule has 2 amide bonds. The van der Waals surface area contributed by atoms with Gasteiger partial charge in [-0.2, -0.15) is 9.98 Å². The number of carbonyl (C=O) groups excluding carboxylic acids is 2. The van der Waals surface area contributed by atoms with Crippen molar-refractivity contribution in [1.29, 1.82) is 5.41 Å². The second-order valence-corrected chi connectivity index (χ2v) is 12.2. The topological polar surface area (TPSA) is 186 Å². The molecule has 4 rings (SSSR count). The van der Waals surface area contributed by atoms with Crippen LogP contribution in [-0.4, -0.2) is 43.8 Å². The molecule has 1 aliphatic rings. The highest BCUT2D eigenvalue weighted by atomic mass is 32.2. The van der Waals surface area contributed by atoms with E-state index in [0.29, 0.717) is 24.3 Å². The molecule has 218 valence electrons. The van der Waals surface area contributed by atoms with Gasteiger partial charge in [0.1, 0.15) is 0 Å². The number of hydrogen-bond acceptors (Lipinski definition) is 8. The minimum atomic E-state index is -0.366. The number of nitrogens with two attached hydrogens (primary N) is 3. The van der Waals surface area contributed by atoms with E-state index in [4.69, 9.17) is 22.6 Å². The van der Waals surface area contributed by atoms with Crippen LogP contribution in [0.25, 0.3) is 10.9 Å². The molecule has 12 heteroatoms. The van der Waals surface area contributed by atoms with Gasteiger partial charge in [0.25, 0.3) is 11.8 Å². The van der Waals surface area contributed by atoms with Gasteiger partial charge >= 0.3 is 0 Å². The highest BCUT2D eigenvalue weighted by Gasteiger charge is 2.12. The summed E-state index contributed by atoms with van der Waals surface area (Å²) in [6.07, 6.45) is 8.34. The van der Waals surface area contributed by atoms with Crippen molar-refractivity contribution in [3.63, 3.8) is 0 Å². The molecule has 42 heavy (non-hydrogen) atoms. The van der Waals surface area contributed by atoms with Gasteiger partial charge in [-0.25, -0.2) is 0 Å². The molecule has 1 atom stereocenters. The summed E-state index contributed by atoms with van der Waals surface area (Å²) in [5, 5.41) is 9.31. The molecule has 0 saturated heterocycles. The largest absolute Gasteiger partial charge is 0.378 e. The van der Waals surface area contributed by atoms with E-state index >= 15 is 0 Å². The zero-order valence-electron chi connectivity index (χ0n) is 23.2. The zero-order valence-corrected chi connectivity index (χ0v) is 24.8. The first-order valence-electron chi connectivity index (χ1n) is 13.6. The van der Waals surface area contributed by atoms with E-state index in [0.717, 1.165) is 64.3 Å². The number of rotatable bonds is 10. The Morgan fingerprint density at radius 3 is 2.52 bits per heavy atom. The summed E-state index contributed by atoms with van der Waals surface area (Å²) >= 11 is 2.15. The van der Waals surface area contributed by atoms with Crippen molar-refractivity contribution in [2.24, 2.45) is 32.2 Å². The lowest BCUT2D eigenvalue weighted by Gasteiger charge is -2.11. The van der Waals surface area contributed by atoms with Crippen LogP contribution in [0.5, 0.6) is 0 Å². The van der Waals surface area contributed by atoms with Crippen molar-refractivity contribution in [3.8, 4) is 0 Å².